The highest BCUT2D eigenvalue weighted by atomic mass is 79.9. The maximum absolute atomic E-state index is 4.42. The maximum atomic E-state index is 4.42. The van der Waals surface area contributed by atoms with E-state index in [2.05, 4.69) is 32.7 Å². The molecule has 4 heteroatoms. The van der Waals surface area contributed by atoms with Crippen LogP contribution in [0.3, 0.4) is 0 Å². The van der Waals surface area contributed by atoms with E-state index >= 15 is 0 Å². The smallest absolute Gasteiger partial charge is 0.186 e. The van der Waals surface area contributed by atoms with E-state index in [1.807, 2.05) is 5.38 Å². The zero-order valence-electron chi connectivity index (χ0n) is 7.66. The van der Waals surface area contributed by atoms with E-state index in [4.69, 9.17) is 0 Å². The normalized spacial score (nSPS) is 16.2. The predicted molar refractivity (Wildman–Crippen MR) is 60.4 cm³/mol. The van der Waals surface area contributed by atoms with Crippen molar-refractivity contribution in [1.82, 2.24) is 4.98 Å². The first kappa shape index (κ1) is 9.46. The lowest BCUT2D eigenvalue weighted by atomic mass is 10.4. The molecule has 0 aromatic carbocycles. The van der Waals surface area contributed by atoms with Crippen molar-refractivity contribution in [3.8, 4) is 0 Å². The van der Waals surface area contributed by atoms with Gasteiger partial charge >= 0.3 is 0 Å². The third-order valence-corrected chi connectivity index (χ3v) is 3.90. The standard InChI is InChI=1S/C9H13BrN2S/c1-2-12(5-7-3-4-7)9-11-8(10)6-13-9/h6-7H,2-5H2,1H3. The molecule has 0 aliphatic heterocycles. The summed E-state index contributed by atoms with van der Waals surface area (Å²) < 4.78 is 0.960. The van der Waals surface area contributed by atoms with Crippen LogP contribution in [0.1, 0.15) is 19.8 Å². The number of halogens is 1. The number of thiazole rings is 1. The van der Waals surface area contributed by atoms with Gasteiger partial charge in [-0.05, 0) is 41.6 Å². The van der Waals surface area contributed by atoms with Crippen LogP contribution in [0, 0.1) is 5.92 Å². The maximum Gasteiger partial charge on any atom is 0.186 e. The van der Waals surface area contributed by atoms with Crippen LogP contribution in [0.25, 0.3) is 0 Å². The fraction of sp³-hybridized carbons (Fsp3) is 0.667. The molecular formula is C9H13BrN2S. The molecule has 0 bridgehead atoms. The van der Waals surface area contributed by atoms with Gasteiger partial charge in [0.1, 0.15) is 4.60 Å². The molecule has 1 heterocycles. The number of aromatic nitrogens is 1. The van der Waals surface area contributed by atoms with Gasteiger partial charge in [0, 0.05) is 18.5 Å². The molecule has 1 aromatic rings. The van der Waals surface area contributed by atoms with E-state index in [1.54, 1.807) is 11.3 Å². The minimum Gasteiger partial charge on any atom is -0.348 e. The van der Waals surface area contributed by atoms with Crippen LogP contribution in [0.5, 0.6) is 0 Å². The van der Waals surface area contributed by atoms with Crippen molar-refractivity contribution in [3.05, 3.63) is 9.98 Å². The van der Waals surface area contributed by atoms with Gasteiger partial charge in [0.25, 0.3) is 0 Å². The third-order valence-electron chi connectivity index (χ3n) is 2.29. The second kappa shape index (κ2) is 3.96. The SMILES string of the molecule is CCN(CC1CC1)c1nc(Br)cs1. The Labute approximate surface area is 91.1 Å². The first-order valence-electron chi connectivity index (χ1n) is 4.65. The molecule has 2 nitrogen and oxygen atoms in total. The fourth-order valence-electron chi connectivity index (χ4n) is 1.35. The van der Waals surface area contributed by atoms with E-state index < -0.39 is 0 Å². The van der Waals surface area contributed by atoms with Crippen LogP contribution in [0.4, 0.5) is 5.13 Å². The van der Waals surface area contributed by atoms with E-state index in [9.17, 15) is 0 Å². The lowest BCUT2D eigenvalue weighted by Gasteiger charge is -2.18. The second-order valence-corrected chi connectivity index (χ2v) is 5.08. The Kier molecular flexibility index (Phi) is 2.89. The second-order valence-electron chi connectivity index (χ2n) is 3.43. The molecule has 72 valence electrons. The molecule has 13 heavy (non-hydrogen) atoms. The number of nitrogens with zero attached hydrogens (tertiary/aromatic N) is 2. The summed E-state index contributed by atoms with van der Waals surface area (Å²) in [7, 11) is 0. The van der Waals surface area contributed by atoms with Crippen LogP contribution >= 0.6 is 27.3 Å². The highest BCUT2D eigenvalue weighted by Crippen LogP contribution is 2.32. The first-order chi connectivity index (χ1) is 6.29. The van der Waals surface area contributed by atoms with E-state index in [0.29, 0.717) is 0 Å². The molecule has 1 saturated carbocycles. The van der Waals surface area contributed by atoms with Crippen molar-refractivity contribution < 1.29 is 0 Å². The van der Waals surface area contributed by atoms with Gasteiger partial charge in [-0.15, -0.1) is 11.3 Å². The zero-order valence-corrected chi connectivity index (χ0v) is 10.1. The summed E-state index contributed by atoms with van der Waals surface area (Å²) in [4.78, 5) is 6.79. The van der Waals surface area contributed by atoms with Crippen LogP contribution in [-0.2, 0) is 0 Å². The van der Waals surface area contributed by atoms with Crippen molar-refractivity contribution in [2.75, 3.05) is 18.0 Å². The van der Waals surface area contributed by atoms with E-state index in [-0.39, 0.29) is 0 Å². The van der Waals surface area contributed by atoms with Gasteiger partial charge in [0.15, 0.2) is 5.13 Å². The highest BCUT2D eigenvalue weighted by molar-refractivity contribution is 9.10. The minimum absolute atomic E-state index is 0.933. The molecule has 2 rings (SSSR count). The van der Waals surface area contributed by atoms with Gasteiger partial charge in [-0.1, -0.05) is 0 Å². The molecule has 1 aromatic heterocycles. The molecule has 0 saturated heterocycles. The Morgan fingerprint density at radius 3 is 2.92 bits per heavy atom. The number of hydrogen-bond donors (Lipinski definition) is 0. The fourth-order valence-corrected chi connectivity index (χ4v) is 2.67. The minimum atomic E-state index is 0.933. The highest BCUT2D eigenvalue weighted by Gasteiger charge is 2.24. The quantitative estimate of drug-likeness (QED) is 0.827. The van der Waals surface area contributed by atoms with E-state index in [0.717, 1.165) is 22.2 Å². The van der Waals surface area contributed by atoms with Crippen LogP contribution < -0.4 is 4.90 Å². The Morgan fingerprint density at radius 1 is 1.69 bits per heavy atom. The van der Waals surface area contributed by atoms with Gasteiger partial charge in [-0.3, -0.25) is 0 Å². The number of anilines is 1. The van der Waals surface area contributed by atoms with Gasteiger partial charge in [-0.25, -0.2) is 4.98 Å². The number of hydrogen-bond acceptors (Lipinski definition) is 3. The lowest BCUT2D eigenvalue weighted by molar-refractivity contribution is 0.739. The average molecular weight is 261 g/mol. The Morgan fingerprint density at radius 2 is 2.46 bits per heavy atom. The lowest BCUT2D eigenvalue weighted by Crippen LogP contribution is -2.24. The zero-order chi connectivity index (χ0) is 9.26. The summed E-state index contributed by atoms with van der Waals surface area (Å²) in [6, 6.07) is 0. The molecule has 0 atom stereocenters. The molecule has 0 N–H and O–H groups in total. The molecule has 0 amide bonds. The molecular weight excluding hydrogens is 248 g/mol. The molecule has 0 unspecified atom stereocenters. The summed E-state index contributed by atoms with van der Waals surface area (Å²) in [5.41, 5.74) is 0. The molecule has 1 aliphatic rings. The van der Waals surface area contributed by atoms with Crippen LogP contribution in [-0.4, -0.2) is 18.1 Å². The van der Waals surface area contributed by atoms with Gasteiger partial charge < -0.3 is 4.90 Å². The summed E-state index contributed by atoms with van der Waals surface area (Å²) in [6.07, 6.45) is 2.81. The van der Waals surface area contributed by atoms with Crippen molar-refractivity contribution >= 4 is 32.4 Å². The van der Waals surface area contributed by atoms with Gasteiger partial charge in [0.05, 0.1) is 0 Å². The Balaban J connectivity index is 2.01. The first-order valence-corrected chi connectivity index (χ1v) is 6.33. The summed E-state index contributed by atoms with van der Waals surface area (Å²) in [6.45, 7) is 4.45. The average Bonchev–Trinajstić information content (AvgIpc) is 2.84. The van der Waals surface area contributed by atoms with E-state index in [1.165, 1.54) is 19.4 Å². The van der Waals surface area contributed by atoms with Crippen molar-refractivity contribution in [2.24, 2.45) is 5.92 Å². The molecule has 1 fully saturated rings. The number of rotatable bonds is 4. The molecule has 1 aliphatic carbocycles. The monoisotopic (exact) mass is 260 g/mol. The van der Waals surface area contributed by atoms with Crippen molar-refractivity contribution in [1.29, 1.82) is 0 Å². The molecule has 0 radical (unpaired) electrons. The topological polar surface area (TPSA) is 16.1 Å². The third kappa shape index (κ3) is 2.44. The Bertz CT molecular complexity index is 283. The summed E-state index contributed by atoms with van der Waals surface area (Å²) in [5, 5.41) is 3.20. The summed E-state index contributed by atoms with van der Waals surface area (Å²) >= 11 is 5.10. The van der Waals surface area contributed by atoms with Gasteiger partial charge in [-0.2, -0.15) is 0 Å². The largest absolute Gasteiger partial charge is 0.348 e. The predicted octanol–water partition coefficient (Wildman–Crippen LogP) is 3.14. The molecule has 0 spiro atoms. The van der Waals surface area contributed by atoms with Gasteiger partial charge in [0.2, 0.25) is 0 Å². The van der Waals surface area contributed by atoms with Crippen LogP contribution in [0.2, 0.25) is 0 Å². The van der Waals surface area contributed by atoms with Crippen molar-refractivity contribution in [2.45, 2.75) is 19.8 Å². The van der Waals surface area contributed by atoms with Crippen LogP contribution in [0.15, 0.2) is 9.98 Å². The Hall–Kier alpha value is -0.0900. The van der Waals surface area contributed by atoms with Crippen molar-refractivity contribution in [3.63, 3.8) is 0 Å². The summed E-state index contributed by atoms with van der Waals surface area (Å²) in [5.74, 6) is 0.933.